The predicted molar refractivity (Wildman–Crippen MR) is 95.2 cm³/mol. The Balaban J connectivity index is 2.03. The number of hydrogen-bond acceptors (Lipinski definition) is 10. The number of rotatable bonds is 7. The summed E-state index contributed by atoms with van der Waals surface area (Å²) in [6.45, 7) is 1.65. The fourth-order valence-electron chi connectivity index (χ4n) is 2.43. The minimum atomic E-state index is -1.38. The zero-order chi connectivity index (χ0) is 20.0. The van der Waals surface area contributed by atoms with Crippen LogP contribution in [0.2, 0.25) is 0 Å². The SMILES string of the molecule is CCCO[C@@H]1O[C@H](CO)[C@H](O)[C@H](OC(=S)Oc2ccc([N+](=O)[O-])cc2)[C@H]1O. The summed E-state index contributed by atoms with van der Waals surface area (Å²) in [4.78, 5) is 10.1. The van der Waals surface area contributed by atoms with Gasteiger partial charge in [-0.2, -0.15) is 0 Å². The molecule has 1 aliphatic rings. The zero-order valence-corrected chi connectivity index (χ0v) is 15.3. The van der Waals surface area contributed by atoms with Crippen LogP contribution in [0.25, 0.3) is 0 Å². The van der Waals surface area contributed by atoms with E-state index in [1.165, 1.54) is 24.3 Å². The number of benzene rings is 1. The number of non-ortho nitro benzene ring substituents is 1. The third kappa shape index (κ3) is 5.54. The molecule has 1 aromatic carbocycles. The summed E-state index contributed by atoms with van der Waals surface area (Å²) in [7, 11) is 0. The highest BCUT2D eigenvalue weighted by Crippen LogP contribution is 2.25. The van der Waals surface area contributed by atoms with Crippen molar-refractivity contribution in [3.8, 4) is 5.75 Å². The lowest BCUT2D eigenvalue weighted by atomic mass is 9.99. The Morgan fingerprint density at radius 2 is 1.96 bits per heavy atom. The summed E-state index contributed by atoms with van der Waals surface area (Å²) >= 11 is 4.96. The van der Waals surface area contributed by atoms with Gasteiger partial charge in [0.1, 0.15) is 24.1 Å². The van der Waals surface area contributed by atoms with Crippen molar-refractivity contribution in [1.82, 2.24) is 0 Å². The molecular weight excluding hydrogens is 382 g/mol. The molecule has 2 rings (SSSR count). The van der Waals surface area contributed by atoms with Gasteiger partial charge in [-0.1, -0.05) is 6.92 Å². The third-order valence-electron chi connectivity index (χ3n) is 3.79. The van der Waals surface area contributed by atoms with Crippen molar-refractivity contribution in [2.45, 2.75) is 44.1 Å². The molecule has 0 amide bonds. The number of hydrogen-bond donors (Lipinski definition) is 3. The van der Waals surface area contributed by atoms with Gasteiger partial charge in [-0.25, -0.2) is 0 Å². The van der Waals surface area contributed by atoms with Gasteiger partial charge in [-0.3, -0.25) is 10.1 Å². The molecule has 11 heteroatoms. The summed E-state index contributed by atoms with van der Waals surface area (Å²) in [5.74, 6) is 0.180. The van der Waals surface area contributed by atoms with Gasteiger partial charge in [0, 0.05) is 31.0 Å². The topological polar surface area (TPSA) is 141 Å². The van der Waals surface area contributed by atoms with E-state index in [1.807, 2.05) is 6.92 Å². The fraction of sp³-hybridized carbons (Fsp3) is 0.562. The van der Waals surface area contributed by atoms with Crippen molar-refractivity contribution < 1.29 is 39.2 Å². The Hall–Kier alpha value is -1.89. The van der Waals surface area contributed by atoms with Gasteiger partial charge in [0.05, 0.1) is 11.5 Å². The normalized spacial score (nSPS) is 27.8. The van der Waals surface area contributed by atoms with Gasteiger partial charge in [0.15, 0.2) is 12.4 Å². The Labute approximate surface area is 160 Å². The van der Waals surface area contributed by atoms with E-state index in [4.69, 9.17) is 31.2 Å². The first kappa shape index (κ1) is 21.4. The molecule has 0 radical (unpaired) electrons. The molecule has 1 aliphatic heterocycles. The second-order valence-corrected chi connectivity index (χ2v) is 6.10. The van der Waals surface area contributed by atoms with Crippen molar-refractivity contribution in [2.75, 3.05) is 13.2 Å². The quantitative estimate of drug-likeness (QED) is 0.335. The molecule has 0 aliphatic carbocycles. The van der Waals surface area contributed by atoms with Crippen LogP contribution >= 0.6 is 12.2 Å². The molecule has 1 aromatic rings. The Morgan fingerprint density at radius 3 is 2.52 bits per heavy atom. The van der Waals surface area contributed by atoms with E-state index in [2.05, 4.69) is 0 Å². The number of aliphatic hydroxyl groups excluding tert-OH is 3. The second-order valence-electron chi connectivity index (χ2n) is 5.76. The third-order valence-corrected chi connectivity index (χ3v) is 3.97. The molecule has 1 fully saturated rings. The van der Waals surface area contributed by atoms with E-state index in [9.17, 15) is 25.4 Å². The molecule has 10 nitrogen and oxygen atoms in total. The molecule has 0 unspecified atom stereocenters. The summed E-state index contributed by atoms with van der Waals surface area (Å²) in [5, 5.41) is 40.2. The largest absolute Gasteiger partial charge is 0.447 e. The smallest absolute Gasteiger partial charge is 0.358 e. The maximum absolute atomic E-state index is 10.6. The second kappa shape index (κ2) is 9.88. The van der Waals surface area contributed by atoms with Gasteiger partial charge in [0.25, 0.3) is 5.69 Å². The number of nitrogens with zero attached hydrogens (tertiary/aromatic N) is 1. The van der Waals surface area contributed by atoms with Crippen molar-refractivity contribution in [2.24, 2.45) is 0 Å². The summed E-state index contributed by atoms with van der Waals surface area (Å²) in [6.07, 6.45) is -5.51. The lowest BCUT2D eigenvalue weighted by Crippen LogP contribution is -2.60. The molecule has 3 N–H and O–H groups in total. The highest BCUT2D eigenvalue weighted by Gasteiger charge is 2.47. The molecule has 0 aromatic heterocycles. The maximum atomic E-state index is 10.6. The van der Waals surface area contributed by atoms with E-state index in [1.54, 1.807) is 0 Å². The first-order valence-corrected chi connectivity index (χ1v) is 8.65. The monoisotopic (exact) mass is 403 g/mol. The van der Waals surface area contributed by atoms with Gasteiger partial charge in [-0.15, -0.1) is 0 Å². The van der Waals surface area contributed by atoms with Crippen molar-refractivity contribution in [1.29, 1.82) is 0 Å². The molecule has 1 heterocycles. The van der Waals surface area contributed by atoms with E-state index in [0.29, 0.717) is 13.0 Å². The maximum Gasteiger partial charge on any atom is 0.358 e. The van der Waals surface area contributed by atoms with Crippen LogP contribution in [0.3, 0.4) is 0 Å². The summed E-state index contributed by atoms with van der Waals surface area (Å²) < 4.78 is 21.3. The molecule has 150 valence electrons. The Kier molecular flexibility index (Phi) is 7.83. The number of nitro benzene ring substituents is 1. The highest BCUT2D eigenvalue weighted by molar-refractivity contribution is 7.79. The van der Waals surface area contributed by atoms with Crippen molar-refractivity contribution in [3.05, 3.63) is 34.4 Å². The lowest BCUT2D eigenvalue weighted by Gasteiger charge is -2.41. The standard InChI is InChI=1S/C16H21NO9S/c1-2-7-23-15-13(20)14(12(19)11(8-18)25-15)26-16(27)24-10-5-3-9(4-6-10)17(21)22/h3-6,11-15,18-20H,2,7-8H2,1H3/t11-,12+,13-,14+,15-/m1/s1. The summed E-state index contributed by atoms with van der Waals surface area (Å²) in [6, 6.07) is 5.11. The van der Waals surface area contributed by atoms with Crippen LogP contribution in [0, 0.1) is 10.1 Å². The van der Waals surface area contributed by atoms with Gasteiger partial charge < -0.3 is 34.3 Å². The Morgan fingerprint density at radius 1 is 1.30 bits per heavy atom. The molecular formula is C16H21NO9S. The van der Waals surface area contributed by atoms with Crippen molar-refractivity contribution in [3.63, 3.8) is 0 Å². The number of ether oxygens (including phenoxy) is 4. The van der Waals surface area contributed by atoms with Gasteiger partial charge in [0.2, 0.25) is 0 Å². The number of nitro groups is 1. The first-order chi connectivity index (χ1) is 12.9. The molecule has 1 saturated heterocycles. The molecule has 0 bridgehead atoms. The van der Waals surface area contributed by atoms with E-state index in [0.717, 1.165) is 0 Å². The van der Waals surface area contributed by atoms with Gasteiger partial charge in [-0.05, 0) is 18.6 Å². The average Bonchev–Trinajstić information content (AvgIpc) is 2.65. The van der Waals surface area contributed by atoms with E-state index < -0.39 is 47.5 Å². The lowest BCUT2D eigenvalue weighted by molar-refractivity contribution is -0.384. The van der Waals surface area contributed by atoms with Crippen LogP contribution in [0.15, 0.2) is 24.3 Å². The highest BCUT2D eigenvalue weighted by atomic mass is 32.1. The Bertz CT molecular complexity index is 641. The van der Waals surface area contributed by atoms with Crippen LogP contribution in [-0.2, 0) is 14.2 Å². The molecule has 27 heavy (non-hydrogen) atoms. The van der Waals surface area contributed by atoms with Crippen LogP contribution in [0.5, 0.6) is 5.75 Å². The number of aliphatic hydroxyl groups is 3. The van der Waals surface area contributed by atoms with Crippen LogP contribution < -0.4 is 4.74 Å². The first-order valence-electron chi connectivity index (χ1n) is 8.24. The minimum Gasteiger partial charge on any atom is -0.447 e. The van der Waals surface area contributed by atoms with E-state index >= 15 is 0 Å². The van der Waals surface area contributed by atoms with Crippen LogP contribution in [0.1, 0.15) is 13.3 Å². The van der Waals surface area contributed by atoms with Crippen molar-refractivity contribution >= 4 is 23.1 Å². The number of thiocarbonyl (C=S) groups is 1. The predicted octanol–water partition coefficient (Wildman–Crippen LogP) is 0.509. The van der Waals surface area contributed by atoms with E-state index in [-0.39, 0.29) is 11.4 Å². The summed E-state index contributed by atoms with van der Waals surface area (Å²) in [5.41, 5.74) is -0.119. The van der Waals surface area contributed by atoms with Gasteiger partial charge >= 0.3 is 5.24 Å². The molecule has 0 spiro atoms. The minimum absolute atomic E-state index is 0.119. The van der Waals surface area contributed by atoms with Crippen LogP contribution in [-0.4, -0.2) is 69.4 Å². The molecule has 0 saturated carbocycles. The van der Waals surface area contributed by atoms with Crippen LogP contribution in [0.4, 0.5) is 5.69 Å². The zero-order valence-electron chi connectivity index (χ0n) is 14.5. The fourth-order valence-corrected chi connectivity index (χ4v) is 2.64. The molecule has 5 atom stereocenters. The average molecular weight is 403 g/mol.